The molecule has 0 bridgehead atoms. The predicted octanol–water partition coefficient (Wildman–Crippen LogP) is 3.14. The van der Waals surface area contributed by atoms with Gasteiger partial charge in [0.1, 0.15) is 0 Å². The first kappa shape index (κ1) is 12.3. The van der Waals surface area contributed by atoms with Crippen molar-refractivity contribution < 1.29 is 4.74 Å². The number of hydrogen-bond acceptors (Lipinski definition) is 1. The number of epoxide rings is 1. The molecule has 76 valence electrons. The predicted molar refractivity (Wildman–Crippen MR) is 56.4 cm³/mol. The van der Waals surface area contributed by atoms with Crippen molar-refractivity contribution in [3.05, 3.63) is 32.2 Å². The van der Waals surface area contributed by atoms with Gasteiger partial charge in [0, 0.05) is 0 Å². The zero-order valence-corrected chi connectivity index (χ0v) is 15.4. The van der Waals surface area contributed by atoms with Crippen LogP contribution in [0.25, 0.3) is 0 Å². The largest absolute Gasteiger partial charge is 0.370 e. The van der Waals surface area contributed by atoms with Gasteiger partial charge in [-0.15, -0.1) is 6.58 Å². The third-order valence-corrected chi connectivity index (χ3v) is 2.61. The minimum absolute atomic E-state index is 0. The van der Waals surface area contributed by atoms with Crippen molar-refractivity contribution in [3.63, 3.8) is 0 Å². The smallest absolute Gasteiger partial charge is 0.0844 e. The van der Waals surface area contributed by atoms with Gasteiger partial charge in [0.2, 0.25) is 0 Å². The molecule has 2 rings (SSSR count). The molecule has 2 heteroatoms. The van der Waals surface area contributed by atoms with Crippen LogP contribution in [0.1, 0.15) is 25.7 Å². The van der Waals surface area contributed by atoms with Gasteiger partial charge >= 0.3 is 0 Å². The topological polar surface area (TPSA) is 12.5 Å². The molecule has 0 aromatic carbocycles. The standard InChI is InChI=1S/C9H14O.C3H5.Rf/c1-2-3-7-4-5-8-9(6-7)10-8;1-3-2;/h2,7-9H,1,3-6H2;3H,1-2H2;/q;-1;. The van der Waals surface area contributed by atoms with Gasteiger partial charge in [0.05, 0.1) is 12.2 Å². The minimum Gasteiger partial charge on any atom is -0.370 e. The summed E-state index contributed by atoms with van der Waals surface area (Å²) in [6.45, 7) is 10.3. The molecule has 0 radical (unpaired) electrons. The first-order chi connectivity index (χ1) is 6.31. The summed E-state index contributed by atoms with van der Waals surface area (Å²) in [7, 11) is 0. The van der Waals surface area contributed by atoms with Crippen LogP contribution in [0.3, 0.4) is 0 Å². The van der Waals surface area contributed by atoms with Crippen LogP contribution >= 0.6 is 0 Å². The summed E-state index contributed by atoms with van der Waals surface area (Å²) in [4.78, 5) is 0. The van der Waals surface area contributed by atoms with E-state index in [9.17, 15) is 0 Å². The van der Waals surface area contributed by atoms with E-state index in [1.807, 2.05) is 6.08 Å². The molecule has 0 spiro atoms. The molecule has 3 atom stereocenters. The number of rotatable bonds is 2. The summed E-state index contributed by atoms with van der Waals surface area (Å²) < 4.78 is 5.42. The summed E-state index contributed by atoms with van der Waals surface area (Å²) in [6.07, 6.45) is 9.95. The Hall–Kier alpha value is -1.69. The molecule has 3 unspecified atom stereocenters. The fourth-order valence-corrected chi connectivity index (χ4v) is 1.94. The summed E-state index contributed by atoms with van der Waals surface area (Å²) in [6, 6.07) is 0. The van der Waals surface area contributed by atoms with Crippen LogP contribution in [0.2, 0.25) is 0 Å². The van der Waals surface area contributed by atoms with Crippen molar-refractivity contribution in [2.45, 2.75) is 37.9 Å². The van der Waals surface area contributed by atoms with Crippen molar-refractivity contribution in [1.29, 1.82) is 0 Å². The number of hydrogen-bond donors (Lipinski definition) is 0. The monoisotopic (exact) mass is 446 g/mol. The molecule has 0 aromatic rings. The molecule has 0 amide bonds. The molecule has 1 aliphatic heterocycles. The van der Waals surface area contributed by atoms with E-state index in [1.165, 1.54) is 31.8 Å². The van der Waals surface area contributed by atoms with Gasteiger partial charge in [-0.2, -0.15) is 0 Å². The van der Waals surface area contributed by atoms with E-state index < -0.39 is 0 Å². The van der Waals surface area contributed by atoms with Crippen molar-refractivity contribution >= 4 is 0 Å². The van der Waals surface area contributed by atoms with Gasteiger partial charge in [-0.3, -0.25) is 0 Å². The molecule has 0 N–H and O–H groups in total. The Labute approximate surface area is 81.5 Å². The maximum atomic E-state index is 5.42. The van der Waals surface area contributed by atoms with E-state index in [0.717, 1.165) is 5.92 Å². The van der Waals surface area contributed by atoms with E-state index in [4.69, 9.17) is 4.74 Å². The quantitative estimate of drug-likeness (QED) is 0.361. The van der Waals surface area contributed by atoms with Crippen molar-refractivity contribution in [2.24, 2.45) is 5.92 Å². The van der Waals surface area contributed by atoms with Crippen LogP contribution in [0, 0.1) is 12.8 Å². The number of allylic oxidation sites excluding steroid dienone is 2. The fourth-order valence-electron chi connectivity index (χ4n) is 1.94. The summed E-state index contributed by atoms with van der Waals surface area (Å²) in [5, 5.41) is 0. The Bertz CT molecular complexity index is 179. The molecular formula is C12H19ORf-. The molecule has 1 nitrogen and oxygen atoms in total. The number of fused-ring (bicyclic) bond motifs is 1. The van der Waals surface area contributed by atoms with Gasteiger partial charge in [-0.05, 0) is 31.6 Å². The SMILES string of the molecule is C=CCC1CCC2OC2C1.C=C[CH2-].[Rf]. The van der Waals surface area contributed by atoms with Crippen LogP contribution in [0.15, 0.2) is 25.3 Å². The van der Waals surface area contributed by atoms with E-state index in [1.54, 1.807) is 0 Å². The Morgan fingerprint density at radius 2 is 1.93 bits per heavy atom. The van der Waals surface area contributed by atoms with E-state index in [2.05, 4.69) is 20.1 Å². The summed E-state index contributed by atoms with van der Waals surface area (Å²) >= 11 is 0. The Balaban J connectivity index is 0.000000381. The molecule has 2 aliphatic rings. The van der Waals surface area contributed by atoms with E-state index in [0.29, 0.717) is 12.2 Å². The molecule has 1 saturated carbocycles. The summed E-state index contributed by atoms with van der Waals surface area (Å²) in [5.74, 6) is 0.876. The van der Waals surface area contributed by atoms with Gasteiger partial charge in [0.25, 0.3) is 0 Å². The maximum Gasteiger partial charge on any atom is 0.0844 e. The molecular weight excluding hydrogens is 427 g/mol. The van der Waals surface area contributed by atoms with Crippen molar-refractivity contribution in [1.82, 2.24) is 0 Å². The Morgan fingerprint density at radius 1 is 1.29 bits per heavy atom. The van der Waals surface area contributed by atoms with Crippen LogP contribution < -0.4 is 0 Å². The zero-order valence-electron chi connectivity index (χ0n) is 8.95. The second-order valence-electron chi connectivity index (χ2n) is 3.71. The van der Waals surface area contributed by atoms with Crippen LogP contribution in [-0.4, -0.2) is 12.2 Å². The fraction of sp³-hybridized carbons (Fsp3) is 0.583. The molecule has 1 heterocycles. The van der Waals surface area contributed by atoms with Gasteiger partial charge in [0.15, 0.2) is 0 Å². The third kappa shape index (κ3) is 3.36. The van der Waals surface area contributed by atoms with Gasteiger partial charge in [-0.1, -0.05) is 6.08 Å². The van der Waals surface area contributed by atoms with Gasteiger partial charge < -0.3 is 4.74 Å². The minimum atomic E-state index is 0. The Kier molecular flexibility index (Phi) is 5.16. The van der Waals surface area contributed by atoms with Crippen LogP contribution in [0.4, 0.5) is 0 Å². The van der Waals surface area contributed by atoms with Crippen LogP contribution in [0.5, 0.6) is 0 Å². The first-order valence-corrected chi connectivity index (χ1v) is 4.98. The second-order valence-corrected chi connectivity index (χ2v) is 3.71. The zero-order chi connectivity index (χ0) is 9.68. The normalized spacial score (nSPS) is 32.4. The summed E-state index contributed by atoms with van der Waals surface area (Å²) in [5.41, 5.74) is 0. The first-order valence-electron chi connectivity index (χ1n) is 4.98. The van der Waals surface area contributed by atoms with E-state index >= 15 is 0 Å². The van der Waals surface area contributed by atoms with Crippen molar-refractivity contribution in [2.75, 3.05) is 0 Å². The van der Waals surface area contributed by atoms with Crippen molar-refractivity contribution in [3.8, 4) is 0 Å². The molecule has 2 fully saturated rings. The second kappa shape index (κ2) is 5.87. The molecule has 14 heavy (non-hydrogen) atoms. The Morgan fingerprint density at radius 3 is 2.43 bits per heavy atom. The third-order valence-electron chi connectivity index (χ3n) is 2.61. The average Bonchev–Trinajstić information content (AvgIpc) is 2.84. The van der Waals surface area contributed by atoms with Crippen LogP contribution in [-0.2, 0) is 4.74 Å². The molecule has 0 aromatic heterocycles. The van der Waals surface area contributed by atoms with Gasteiger partial charge in [-0.25, -0.2) is 19.6 Å². The molecule has 1 aliphatic carbocycles. The maximum absolute atomic E-state index is 5.42. The number of ether oxygens (including phenoxy) is 1. The average molecular weight is 446 g/mol. The van der Waals surface area contributed by atoms with E-state index in [-0.39, 0.29) is 0 Å². The molecule has 1 saturated heterocycles.